The number of carbonyl (C=O) groups is 1. The summed E-state index contributed by atoms with van der Waals surface area (Å²) < 4.78 is 5.21. The minimum Gasteiger partial charge on any atom is -0.466 e. The molecule has 3 aliphatic carbocycles. The molecule has 0 unspecified atom stereocenters. The van der Waals surface area contributed by atoms with Crippen molar-refractivity contribution < 1.29 is 14.7 Å². The molecular formula is C28H49NO3. The van der Waals surface area contributed by atoms with E-state index in [9.17, 15) is 10.0 Å². The molecule has 0 heterocycles. The highest BCUT2D eigenvalue weighted by Crippen LogP contribution is 2.66. The second kappa shape index (κ2) is 10.5. The molecule has 7 atom stereocenters. The van der Waals surface area contributed by atoms with E-state index in [1.807, 2.05) is 0 Å². The molecule has 0 radical (unpaired) electrons. The summed E-state index contributed by atoms with van der Waals surface area (Å²) in [6.07, 6.45) is 13.3. The Bertz CT molecular complexity index is 674. The first-order valence-corrected chi connectivity index (χ1v) is 13.5. The van der Waals surface area contributed by atoms with Gasteiger partial charge < -0.3 is 9.94 Å². The van der Waals surface area contributed by atoms with E-state index in [1.165, 1.54) is 58.3 Å². The van der Waals surface area contributed by atoms with Crippen molar-refractivity contribution in [2.24, 2.45) is 51.5 Å². The molecular weight excluding hydrogens is 398 g/mol. The zero-order valence-corrected chi connectivity index (χ0v) is 21.7. The van der Waals surface area contributed by atoms with Crippen LogP contribution in [0.3, 0.4) is 0 Å². The van der Waals surface area contributed by atoms with E-state index in [-0.39, 0.29) is 11.4 Å². The summed E-state index contributed by atoms with van der Waals surface area (Å²) >= 11 is 0. The minimum atomic E-state index is -0.208. The summed E-state index contributed by atoms with van der Waals surface area (Å²) in [7, 11) is 0. The van der Waals surface area contributed by atoms with Crippen molar-refractivity contribution in [3.8, 4) is 0 Å². The van der Waals surface area contributed by atoms with Gasteiger partial charge in [-0.05, 0) is 92.3 Å². The molecule has 3 saturated carbocycles. The van der Waals surface area contributed by atoms with Crippen LogP contribution in [0.1, 0.15) is 112 Å². The van der Waals surface area contributed by atoms with Crippen molar-refractivity contribution in [1.29, 1.82) is 0 Å². The maximum atomic E-state index is 11.2. The molecule has 3 rings (SSSR count). The maximum Gasteiger partial charge on any atom is 0.302 e. The number of nitrogens with zero attached hydrogens (tertiary/aromatic N) is 1. The quantitative estimate of drug-likeness (QED) is 0.172. The summed E-state index contributed by atoms with van der Waals surface area (Å²) in [5.74, 6) is 4.44. The molecule has 0 aromatic carbocycles. The van der Waals surface area contributed by atoms with Crippen LogP contribution in [0.25, 0.3) is 0 Å². The van der Waals surface area contributed by atoms with E-state index in [4.69, 9.17) is 4.74 Å². The molecule has 3 aliphatic rings. The highest BCUT2D eigenvalue weighted by atomic mass is 16.5. The topological polar surface area (TPSA) is 58.9 Å². The third-order valence-electron chi connectivity index (χ3n) is 10.1. The van der Waals surface area contributed by atoms with Crippen molar-refractivity contribution in [3.05, 3.63) is 0 Å². The molecule has 3 fully saturated rings. The van der Waals surface area contributed by atoms with Crippen molar-refractivity contribution in [2.45, 2.75) is 112 Å². The van der Waals surface area contributed by atoms with Gasteiger partial charge in [-0.1, -0.05) is 59.0 Å². The number of ether oxygens (including phenoxy) is 1. The minimum absolute atomic E-state index is 0.0693. The normalized spacial score (nSPS) is 39.0. The van der Waals surface area contributed by atoms with E-state index in [0.29, 0.717) is 17.9 Å². The number of hydrogen-bond donors (Lipinski definition) is 1. The Balaban J connectivity index is 1.71. The Labute approximate surface area is 196 Å². The molecule has 32 heavy (non-hydrogen) atoms. The standard InChI is InChI=1S/C28H49NO3/c1-19(2)9-7-10-20(3)23-12-13-24-22-11-14-26(29-31)28(6,16-8-18-32-21(4)30)25(22)15-17-27(23,24)5/h19-20,22-25,31H,7-18H2,1-6H3/b29-26+/t20-,22+,23-,24+,25+,27-,28-/m1/s1. The average Bonchev–Trinajstić information content (AvgIpc) is 3.08. The average molecular weight is 448 g/mol. The summed E-state index contributed by atoms with van der Waals surface area (Å²) in [6, 6.07) is 0. The number of carbonyl (C=O) groups excluding carboxylic acids is 1. The van der Waals surface area contributed by atoms with Gasteiger partial charge in [-0.2, -0.15) is 0 Å². The fraction of sp³-hybridized carbons (Fsp3) is 0.929. The molecule has 0 bridgehead atoms. The molecule has 0 amide bonds. The third kappa shape index (κ3) is 5.04. The lowest BCUT2D eigenvalue weighted by Gasteiger charge is -2.57. The fourth-order valence-corrected chi connectivity index (χ4v) is 8.46. The third-order valence-corrected chi connectivity index (χ3v) is 10.1. The van der Waals surface area contributed by atoms with Gasteiger partial charge in [0, 0.05) is 12.3 Å². The van der Waals surface area contributed by atoms with Crippen LogP contribution in [0.4, 0.5) is 0 Å². The number of oxime groups is 1. The van der Waals surface area contributed by atoms with E-state index >= 15 is 0 Å². The Morgan fingerprint density at radius 3 is 2.50 bits per heavy atom. The van der Waals surface area contributed by atoms with Gasteiger partial charge in [-0.25, -0.2) is 0 Å². The van der Waals surface area contributed by atoms with Gasteiger partial charge in [0.1, 0.15) is 0 Å². The van der Waals surface area contributed by atoms with Crippen LogP contribution in [0, 0.1) is 46.3 Å². The Kier molecular flexibility index (Phi) is 8.36. The SMILES string of the molecule is CC(=O)OCCC[C@@]1(C)/C(=N/O)CC[C@H]2[C@@H]3CC[C@H]([C@H](C)CCCC(C)C)[C@@]3(C)CC[C@@H]21. The van der Waals surface area contributed by atoms with Crippen molar-refractivity contribution in [3.63, 3.8) is 0 Å². The first kappa shape index (κ1) is 25.6. The van der Waals surface area contributed by atoms with E-state index in [0.717, 1.165) is 54.6 Å². The first-order chi connectivity index (χ1) is 15.1. The predicted molar refractivity (Wildman–Crippen MR) is 131 cm³/mol. The van der Waals surface area contributed by atoms with E-state index in [2.05, 4.69) is 39.8 Å². The first-order valence-electron chi connectivity index (χ1n) is 13.5. The van der Waals surface area contributed by atoms with Crippen LogP contribution in [0.15, 0.2) is 5.16 Å². The van der Waals surface area contributed by atoms with Crippen LogP contribution >= 0.6 is 0 Å². The van der Waals surface area contributed by atoms with E-state index in [1.54, 1.807) is 0 Å². The predicted octanol–water partition coefficient (Wildman–Crippen LogP) is 7.48. The second-order valence-corrected chi connectivity index (χ2v) is 12.4. The van der Waals surface area contributed by atoms with Crippen LogP contribution < -0.4 is 0 Å². The van der Waals surface area contributed by atoms with Gasteiger partial charge in [0.05, 0.1) is 12.3 Å². The molecule has 0 saturated heterocycles. The van der Waals surface area contributed by atoms with Gasteiger partial charge in [0.25, 0.3) is 0 Å². The summed E-state index contributed by atoms with van der Waals surface area (Å²) in [5.41, 5.74) is 1.40. The van der Waals surface area contributed by atoms with Crippen LogP contribution in [-0.4, -0.2) is 23.5 Å². The molecule has 4 nitrogen and oxygen atoms in total. The lowest BCUT2D eigenvalue weighted by molar-refractivity contribution is -0.141. The fourth-order valence-electron chi connectivity index (χ4n) is 8.46. The van der Waals surface area contributed by atoms with Gasteiger partial charge in [0.2, 0.25) is 0 Å². The molecule has 0 aromatic heterocycles. The van der Waals surface area contributed by atoms with Crippen molar-refractivity contribution in [2.75, 3.05) is 6.61 Å². The van der Waals surface area contributed by atoms with Crippen molar-refractivity contribution in [1.82, 2.24) is 0 Å². The van der Waals surface area contributed by atoms with Crippen molar-refractivity contribution >= 4 is 11.7 Å². The van der Waals surface area contributed by atoms with E-state index < -0.39 is 0 Å². The number of fused-ring (bicyclic) bond motifs is 3. The number of rotatable bonds is 9. The molecule has 0 aliphatic heterocycles. The van der Waals surface area contributed by atoms with Gasteiger partial charge in [-0.15, -0.1) is 0 Å². The van der Waals surface area contributed by atoms with Gasteiger partial charge >= 0.3 is 5.97 Å². The number of hydrogen-bond acceptors (Lipinski definition) is 4. The molecule has 184 valence electrons. The van der Waals surface area contributed by atoms with Crippen LogP contribution in [0.5, 0.6) is 0 Å². The molecule has 0 spiro atoms. The molecule has 4 heteroatoms. The zero-order chi connectivity index (χ0) is 23.5. The Hall–Kier alpha value is -1.06. The zero-order valence-electron chi connectivity index (χ0n) is 21.7. The lowest BCUT2D eigenvalue weighted by atomic mass is 9.47. The Morgan fingerprint density at radius 1 is 1.09 bits per heavy atom. The monoisotopic (exact) mass is 447 g/mol. The second-order valence-electron chi connectivity index (χ2n) is 12.4. The highest BCUT2D eigenvalue weighted by Gasteiger charge is 2.59. The van der Waals surface area contributed by atoms with Crippen LogP contribution in [0.2, 0.25) is 0 Å². The lowest BCUT2D eigenvalue weighted by Crippen LogP contribution is -2.52. The molecule has 1 N–H and O–H groups in total. The van der Waals surface area contributed by atoms with Gasteiger partial charge in [0.15, 0.2) is 0 Å². The molecule has 0 aromatic rings. The smallest absolute Gasteiger partial charge is 0.302 e. The maximum absolute atomic E-state index is 11.2. The Morgan fingerprint density at radius 2 is 1.84 bits per heavy atom. The summed E-state index contributed by atoms with van der Waals surface area (Å²) in [4.78, 5) is 11.2. The van der Waals surface area contributed by atoms with Gasteiger partial charge in [-0.3, -0.25) is 4.79 Å². The highest BCUT2D eigenvalue weighted by molar-refractivity contribution is 5.90. The largest absolute Gasteiger partial charge is 0.466 e. The van der Waals surface area contributed by atoms with Crippen LogP contribution in [-0.2, 0) is 9.53 Å². The summed E-state index contributed by atoms with van der Waals surface area (Å²) in [6.45, 7) is 14.1. The summed E-state index contributed by atoms with van der Waals surface area (Å²) in [5, 5.41) is 13.6. The number of esters is 1.